The number of anilines is 1. The van der Waals surface area contributed by atoms with Crippen molar-refractivity contribution in [3.05, 3.63) is 62.1 Å². The number of methoxy groups -OCH3 is 1. The lowest BCUT2D eigenvalue weighted by atomic mass is 10.1. The van der Waals surface area contributed by atoms with Crippen LogP contribution in [0.3, 0.4) is 0 Å². The number of carbonyl (C=O) groups excluding carboxylic acids is 2. The zero-order valence-electron chi connectivity index (χ0n) is 14.7. The highest BCUT2D eigenvalue weighted by Gasteiger charge is 2.34. The zero-order chi connectivity index (χ0) is 21.3. The molecule has 0 saturated carbocycles. The third-order valence-electron chi connectivity index (χ3n) is 3.99. The molecule has 29 heavy (non-hydrogen) atoms. The molecule has 1 saturated heterocycles. The number of nitrogens with zero attached hydrogens (tertiary/aromatic N) is 2. The largest absolute Gasteiger partial charge is 0.500 e. The Bertz CT molecular complexity index is 1080. The molecule has 0 aliphatic carbocycles. The third kappa shape index (κ3) is 3.96. The molecule has 3 rings (SSSR count). The van der Waals surface area contributed by atoms with Crippen molar-refractivity contribution in [1.82, 2.24) is 5.32 Å². The zero-order valence-corrected chi connectivity index (χ0v) is 17.1. The van der Waals surface area contributed by atoms with Crippen LogP contribution in [0.1, 0.15) is 5.56 Å². The van der Waals surface area contributed by atoms with E-state index in [2.05, 4.69) is 21.2 Å². The van der Waals surface area contributed by atoms with Crippen molar-refractivity contribution in [2.24, 2.45) is 0 Å². The Hall–Kier alpha value is -3.31. The van der Waals surface area contributed by atoms with Gasteiger partial charge in [0, 0.05) is 10.5 Å². The number of ether oxygens (including phenoxy) is 1. The predicted molar refractivity (Wildman–Crippen MR) is 112 cm³/mol. The number of rotatable bonds is 4. The maximum Gasteiger partial charge on any atom is 0.315 e. The lowest BCUT2D eigenvalue weighted by Gasteiger charge is -2.29. The Labute approximate surface area is 177 Å². The Morgan fingerprint density at radius 2 is 1.93 bits per heavy atom. The molecule has 9 nitrogen and oxygen atoms in total. The highest BCUT2D eigenvalue weighted by Crippen LogP contribution is 2.37. The summed E-state index contributed by atoms with van der Waals surface area (Å²) in [6.45, 7) is 0. The molecule has 2 aromatic carbocycles. The minimum absolute atomic E-state index is 0.0891. The molecule has 1 fully saturated rings. The van der Waals surface area contributed by atoms with Gasteiger partial charge in [0.1, 0.15) is 5.57 Å². The Morgan fingerprint density at radius 1 is 1.28 bits per heavy atom. The standard InChI is InChI=1S/C18H12BrN3O6S/c1-28-14-8-9(7-13(15(14)23)22(26)27)6-12-16(24)20-18(29)21(17(12)25)11-4-2-10(19)3-5-11/h2-8,23H,1H3,(H,20,24,29)/b12-6+. The number of phenols is 1. The van der Waals surface area contributed by atoms with Crippen molar-refractivity contribution in [2.75, 3.05) is 12.0 Å². The minimum atomic E-state index is -0.800. The molecule has 148 valence electrons. The van der Waals surface area contributed by atoms with Crippen LogP contribution in [0.5, 0.6) is 11.5 Å². The van der Waals surface area contributed by atoms with E-state index in [9.17, 15) is 24.8 Å². The number of benzene rings is 2. The second-order valence-corrected chi connectivity index (χ2v) is 7.08. The second-order valence-electron chi connectivity index (χ2n) is 5.78. The van der Waals surface area contributed by atoms with Gasteiger partial charge in [-0.15, -0.1) is 0 Å². The first-order valence-electron chi connectivity index (χ1n) is 7.95. The Kier molecular flexibility index (Phi) is 5.62. The number of carbonyl (C=O) groups is 2. The number of nitro groups is 1. The quantitative estimate of drug-likeness (QED) is 0.228. The first-order valence-corrected chi connectivity index (χ1v) is 9.15. The summed E-state index contributed by atoms with van der Waals surface area (Å²) in [7, 11) is 1.22. The van der Waals surface area contributed by atoms with Gasteiger partial charge in [0.25, 0.3) is 11.8 Å². The lowest BCUT2D eigenvalue weighted by molar-refractivity contribution is -0.386. The first-order chi connectivity index (χ1) is 13.7. The predicted octanol–water partition coefficient (Wildman–Crippen LogP) is 2.90. The fourth-order valence-corrected chi connectivity index (χ4v) is 3.19. The number of amides is 2. The molecule has 0 bridgehead atoms. The van der Waals surface area contributed by atoms with E-state index in [1.165, 1.54) is 19.3 Å². The number of aromatic hydroxyl groups is 1. The van der Waals surface area contributed by atoms with Crippen molar-refractivity contribution in [3.63, 3.8) is 0 Å². The second kappa shape index (κ2) is 7.97. The number of halogens is 1. The fourth-order valence-electron chi connectivity index (χ4n) is 2.64. The van der Waals surface area contributed by atoms with E-state index in [0.717, 1.165) is 15.4 Å². The van der Waals surface area contributed by atoms with Gasteiger partial charge in [-0.2, -0.15) is 0 Å². The number of nitrogens with one attached hydrogen (secondary N) is 1. The van der Waals surface area contributed by atoms with Crippen LogP contribution in [-0.2, 0) is 9.59 Å². The van der Waals surface area contributed by atoms with Gasteiger partial charge < -0.3 is 9.84 Å². The number of phenolic OH excluding ortho intramolecular Hbond substituents is 1. The molecule has 1 aliphatic heterocycles. The smallest absolute Gasteiger partial charge is 0.315 e. The molecule has 2 N–H and O–H groups in total. The first kappa shape index (κ1) is 20.4. The van der Waals surface area contributed by atoms with Gasteiger partial charge in [0.05, 0.1) is 17.7 Å². The van der Waals surface area contributed by atoms with E-state index in [1.807, 2.05) is 0 Å². The van der Waals surface area contributed by atoms with Crippen LogP contribution in [0.4, 0.5) is 11.4 Å². The average molecular weight is 478 g/mol. The van der Waals surface area contributed by atoms with Crippen molar-refractivity contribution < 1.29 is 24.4 Å². The highest BCUT2D eigenvalue weighted by atomic mass is 79.9. The minimum Gasteiger partial charge on any atom is -0.500 e. The summed E-state index contributed by atoms with van der Waals surface area (Å²) in [6, 6.07) is 8.99. The van der Waals surface area contributed by atoms with E-state index in [1.54, 1.807) is 24.3 Å². The lowest BCUT2D eigenvalue weighted by Crippen LogP contribution is -2.54. The normalized spacial score (nSPS) is 15.4. The molecule has 0 aromatic heterocycles. The van der Waals surface area contributed by atoms with E-state index >= 15 is 0 Å². The molecule has 1 heterocycles. The molecule has 0 atom stereocenters. The van der Waals surface area contributed by atoms with Crippen LogP contribution in [0, 0.1) is 10.1 Å². The molecule has 2 aromatic rings. The molecule has 2 amide bonds. The van der Waals surface area contributed by atoms with Crippen LogP contribution < -0.4 is 15.0 Å². The molecule has 1 aliphatic rings. The SMILES string of the molecule is COc1cc(/C=C2\C(=O)NC(=S)N(c3ccc(Br)cc3)C2=O)cc([N+](=O)[O-])c1O. The van der Waals surface area contributed by atoms with Crippen molar-refractivity contribution in [3.8, 4) is 11.5 Å². The van der Waals surface area contributed by atoms with Crippen LogP contribution in [0.25, 0.3) is 6.08 Å². The summed E-state index contributed by atoms with van der Waals surface area (Å²) in [5.41, 5.74) is -0.361. The molecule has 0 spiro atoms. The summed E-state index contributed by atoms with van der Waals surface area (Å²) >= 11 is 8.42. The van der Waals surface area contributed by atoms with E-state index < -0.39 is 28.2 Å². The maximum atomic E-state index is 13.0. The summed E-state index contributed by atoms with van der Waals surface area (Å²) in [5.74, 6) is -2.27. The fraction of sp³-hybridized carbons (Fsp3) is 0.0556. The Morgan fingerprint density at radius 3 is 2.52 bits per heavy atom. The number of thiocarbonyl (C=S) groups is 1. The van der Waals surface area contributed by atoms with Gasteiger partial charge in [-0.25, -0.2) is 0 Å². The van der Waals surface area contributed by atoms with Crippen LogP contribution in [0.2, 0.25) is 0 Å². The number of hydrogen-bond donors (Lipinski definition) is 2. The molecule has 11 heteroatoms. The maximum absolute atomic E-state index is 13.0. The molecule has 0 unspecified atom stereocenters. The topological polar surface area (TPSA) is 122 Å². The Balaban J connectivity index is 2.08. The summed E-state index contributed by atoms with van der Waals surface area (Å²) in [4.78, 5) is 36.8. The third-order valence-corrected chi connectivity index (χ3v) is 4.80. The van der Waals surface area contributed by atoms with Gasteiger partial charge in [0.15, 0.2) is 10.9 Å². The number of nitro benzene ring substituents is 1. The molecular weight excluding hydrogens is 466 g/mol. The van der Waals surface area contributed by atoms with E-state index in [4.69, 9.17) is 17.0 Å². The van der Waals surface area contributed by atoms with Gasteiger partial charge in [-0.3, -0.25) is 29.9 Å². The number of hydrogen-bond acceptors (Lipinski definition) is 7. The van der Waals surface area contributed by atoms with Gasteiger partial charge in [-0.05, 0) is 54.2 Å². The van der Waals surface area contributed by atoms with Gasteiger partial charge >= 0.3 is 5.69 Å². The molecule has 0 radical (unpaired) electrons. The van der Waals surface area contributed by atoms with Crippen LogP contribution >= 0.6 is 28.1 Å². The highest BCUT2D eigenvalue weighted by molar-refractivity contribution is 9.10. The van der Waals surface area contributed by atoms with Crippen molar-refractivity contribution in [1.29, 1.82) is 0 Å². The molecular formula is C18H12BrN3O6S. The van der Waals surface area contributed by atoms with Crippen molar-refractivity contribution >= 4 is 62.5 Å². The van der Waals surface area contributed by atoms with Crippen LogP contribution in [0.15, 0.2) is 46.4 Å². The van der Waals surface area contributed by atoms with Gasteiger partial charge in [0.2, 0.25) is 5.75 Å². The monoisotopic (exact) mass is 477 g/mol. The van der Waals surface area contributed by atoms with Crippen molar-refractivity contribution in [2.45, 2.75) is 0 Å². The van der Waals surface area contributed by atoms with Crippen LogP contribution in [-0.4, -0.2) is 34.1 Å². The van der Waals surface area contributed by atoms with E-state index in [0.29, 0.717) is 5.69 Å². The summed E-state index contributed by atoms with van der Waals surface area (Å²) in [6.07, 6.45) is 1.17. The summed E-state index contributed by atoms with van der Waals surface area (Å²) in [5, 5.41) is 23.4. The van der Waals surface area contributed by atoms with Gasteiger partial charge in [-0.1, -0.05) is 15.9 Å². The average Bonchev–Trinajstić information content (AvgIpc) is 2.67. The summed E-state index contributed by atoms with van der Waals surface area (Å²) < 4.78 is 5.72. The van der Waals surface area contributed by atoms with E-state index in [-0.39, 0.29) is 22.0 Å².